The van der Waals surface area contributed by atoms with Crippen LogP contribution in [-0.4, -0.2) is 142 Å². The van der Waals surface area contributed by atoms with Gasteiger partial charge in [0.05, 0.1) is 26.2 Å². The number of amides is 9. The average molecular weight is 879 g/mol. The quantitative estimate of drug-likeness (QED) is 0.0697. The zero-order chi connectivity index (χ0) is 46.0. The molecule has 8 atom stereocenters. The van der Waals surface area contributed by atoms with Crippen molar-refractivity contribution in [3.63, 3.8) is 0 Å². The van der Waals surface area contributed by atoms with Crippen molar-refractivity contribution >= 4 is 70.0 Å². The van der Waals surface area contributed by atoms with Crippen LogP contribution in [0.2, 0.25) is 0 Å². The Balaban J connectivity index is 2.46. The molecule has 0 radical (unpaired) electrons. The lowest BCUT2D eigenvalue weighted by Crippen LogP contribution is -2.62. The third-order valence-corrected chi connectivity index (χ3v) is 10.2. The van der Waals surface area contributed by atoms with Crippen LogP contribution in [0.3, 0.4) is 0 Å². The Morgan fingerprint density at radius 3 is 1.80 bits per heavy atom. The summed E-state index contributed by atoms with van der Waals surface area (Å²) in [7, 11) is 0. The molecule has 1 aliphatic heterocycles. The molecule has 1 aromatic carbocycles. The molecule has 0 bridgehead atoms. The molecule has 2 rings (SSSR count). The van der Waals surface area contributed by atoms with E-state index in [0.717, 1.165) is 0 Å². The van der Waals surface area contributed by atoms with Crippen LogP contribution >= 0.6 is 11.8 Å². The highest BCUT2D eigenvalue weighted by molar-refractivity contribution is 8.13. The number of hydrogen-bond donors (Lipinski definition) is 12. The molecule has 0 saturated carbocycles. The van der Waals surface area contributed by atoms with Crippen LogP contribution in [0, 0.1) is 11.8 Å². The Labute approximate surface area is 357 Å². The summed E-state index contributed by atoms with van der Waals surface area (Å²) in [6.45, 7) is 5.59. The van der Waals surface area contributed by atoms with Gasteiger partial charge in [-0.2, -0.15) is 0 Å². The molecule has 14 N–H and O–H groups in total. The van der Waals surface area contributed by atoms with Crippen molar-refractivity contribution in [2.45, 2.75) is 102 Å². The molecule has 1 saturated heterocycles. The molecule has 338 valence electrons. The van der Waals surface area contributed by atoms with Gasteiger partial charge in [-0.05, 0) is 30.7 Å². The number of rotatable bonds is 17. The normalized spacial score (nSPS) is 22.1. The van der Waals surface area contributed by atoms with Gasteiger partial charge in [-0.1, -0.05) is 69.8 Å². The highest BCUT2D eigenvalue weighted by Gasteiger charge is 2.36. The summed E-state index contributed by atoms with van der Waals surface area (Å²) in [4.78, 5) is 132. The summed E-state index contributed by atoms with van der Waals surface area (Å²) in [5, 5.41) is 38.5. The zero-order valence-electron chi connectivity index (χ0n) is 34.6. The van der Waals surface area contributed by atoms with E-state index in [9.17, 15) is 58.2 Å². The van der Waals surface area contributed by atoms with Crippen molar-refractivity contribution in [1.29, 1.82) is 0 Å². The highest BCUT2D eigenvalue weighted by Crippen LogP contribution is 2.15. The molecular weight excluding hydrogens is 821 g/mol. The second kappa shape index (κ2) is 25.2. The fourth-order valence-electron chi connectivity index (χ4n) is 5.79. The Morgan fingerprint density at radius 1 is 0.738 bits per heavy atom. The molecule has 0 spiro atoms. The summed E-state index contributed by atoms with van der Waals surface area (Å²) in [6, 6.07) is -3.16. The van der Waals surface area contributed by atoms with E-state index >= 15 is 0 Å². The Bertz CT molecular complexity index is 1750. The van der Waals surface area contributed by atoms with Gasteiger partial charge in [-0.25, -0.2) is 0 Å². The van der Waals surface area contributed by atoms with Crippen molar-refractivity contribution in [1.82, 2.24) is 42.5 Å². The maximum absolute atomic E-state index is 13.9. The smallest absolute Gasteiger partial charge is 0.245 e. The minimum atomic E-state index is -1.75. The number of primary amides is 1. The number of benzene rings is 1. The fraction of sp³-hybridized carbons (Fsp3) is 0.579. The van der Waals surface area contributed by atoms with Gasteiger partial charge in [-0.15, -0.1) is 0 Å². The van der Waals surface area contributed by atoms with Crippen molar-refractivity contribution in [2.24, 2.45) is 23.3 Å². The van der Waals surface area contributed by atoms with E-state index < -0.39 is 144 Å². The number of thioether (sulfide) groups is 1. The number of nitrogens with two attached hydrogens (primary N) is 2. The minimum absolute atomic E-state index is 0.0186. The fourth-order valence-corrected chi connectivity index (χ4v) is 6.70. The number of aliphatic hydroxyl groups is 2. The Morgan fingerprint density at radius 2 is 1.28 bits per heavy atom. The first-order valence-electron chi connectivity index (χ1n) is 19.5. The molecule has 1 aromatic rings. The molecule has 1 fully saturated rings. The van der Waals surface area contributed by atoms with E-state index in [0.29, 0.717) is 17.3 Å². The Kier molecular flexibility index (Phi) is 21.3. The number of nitrogens with one attached hydrogen (secondary N) is 8. The van der Waals surface area contributed by atoms with Gasteiger partial charge < -0.3 is 64.2 Å². The molecule has 1 heterocycles. The molecular formula is C38H58N10O12S. The van der Waals surface area contributed by atoms with Gasteiger partial charge in [0.1, 0.15) is 48.3 Å². The van der Waals surface area contributed by atoms with E-state index in [2.05, 4.69) is 42.5 Å². The summed E-state index contributed by atoms with van der Waals surface area (Å²) in [5.74, 6) is -9.67. The molecule has 0 aliphatic carbocycles. The minimum Gasteiger partial charge on any atom is -0.394 e. The molecule has 2 unspecified atom stereocenters. The predicted octanol–water partition coefficient (Wildman–Crippen LogP) is -5.08. The number of hydrogen-bond acceptors (Lipinski definition) is 14. The second-order valence-corrected chi connectivity index (χ2v) is 16.1. The van der Waals surface area contributed by atoms with Crippen LogP contribution in [0.25, 0.3) is 0 Å². The summed E-state index contributed by atoms with van der Waals surface area (Å²) in [6.07, 6.45) is -0.634. The van der Waals surface area contributed by atoms with E-state index in [1.54, 1.807) is 58.0 Å². The summed E-state index contributed by atoms with van der Waals surface area (Å²) < 4.78 is 0. The second-order valence-electron chi connectivity index (χ2n) is 15.1. The van der Waals surface area contributed by atoms with Gasteiger partial charge >= 0.3 is 0 Å². The van der Waals surface area contributed by atoms with Crippen LogP contribution in [0.1, 0.15) is 53.0 Å². The van der Waals surface area contributed by atoms with Crippen LogP contribution in [0.4, 0.5) is 0 Å². The lowest BCUT2D eigenvalue weighted by molar-refractivity contribution is -0.136. The van der Waals surface area contributed by atoms with Gasteiger partial charge in [0.25, 0.3) is 0 Å². The molecule has 22 nitrogen and oxygen atoms in total. The number of carbonyl (C=O) groups is 10. The van der Waals surface area contributed by atoms with Gasteiger partial charge in [-0.3, -0.25) is 47.9 Å². The third kappa shape index (κ3) is 17.1. The maximum Gasteiger partial charge on any atom is 0.245 e. The number of carbonyl (C=O) groups excluding carboxylic acids is 10. The first kappa shape index (κ1) is 51.5. The van der Waals surface area contributed by atoms with E-state index in [-0.39, 0.29) is 18.8 Å². The van der Waals surface area contributed by atoms with Crippen LogP contribution in [0.5, 0.6) is 0 Å². The number of aliphatic hydroxyl groups excluding tert-OH is 2. The van der Waals surface area contributed by atoms with Crippen LogP contribution in [-0.2, 0) is 54.4 Å². The van der Waals surface area contributed by atoms with Crippen molar-refractivity contribution in [2.75, 3.05) is 25.5 Å². The molecule has 9 amide bonds. The lowest BCUT2D eigenvalue weighted by atomic mass is 10.0. The first-order chi connectivity index (χ1) is 28.7. The summed E-state index contributed by atoms with van der Waals surface area (Å²) in [5.41, 5.74) is 11.3. The highest BCUT2D eigenvalue weighted by atomic mass is 32.2. The first-order valence-corrected chi connectivity index (χ1v) is 20.5. The van der Waals surface area contributed by atoms with E-state index in [4.69, 9.17) is 11.5 Å². The van der Waals surface area contributed by atoms with Gasteiger partial charge in [0, 0.05) is 12.2 Å². The zero-order valence-corrected chi connectivity index (χ0v) is 35.5. The predicted molar refractivity (Wildman–Crippen MR) is 220 cm³/mol. The lowest BCUT2D eigenvalue weighted by Gasteiger charge is -2.28. The molecule has 0 aromatic heterocycles. The van der Waals surface area contributed by atoms with E-state index in [1.807, 2.05) is 0 Å². The molecule has 61 heavy (non-hydrogen) atoms. The standard InChI is InChI=1S/C38H58N10O12S/c1-18(2)11-22-33(55)44-24(12-21-9-7-6-8-10-21)38(60)61-17-27(36(58)46-26(16-50)35(57)45-25(15-49)34(56)42-22)47-31(53)20(5)41-32(54)23(13-28(40)51)43-37(59)30(19(3)4)48-29(52)14-39/h6-10,18-20,22-27,30,49-50H,11-17,39H2,1-5H3,(H2,40,51)(H,41,54)(H,42,56)(H,43,59)(H,44,55)(H,45,57)(H,46,58)(H,47,53)(H,48,52)/t20-,22-,23-,24-,25?,26-,27?,30-/m0/s1. The maximum atomic E-state index is 13.9. The molecule has 23 heteroatoms. The van der Waals surface area contributed by atoms with Crippen molar-refractivity contribution in [3.8, 4) is 0 Å². The van der Waals surface area contributed by atoms with E-state index in [1.165, 1.54) is 6.92 Å². The third-order valence-electron chi connectivity index (χ3n) is 9.12. The van der Waals surface area contributed by atoms with Gasteiger partial charge in [0.2, 0.25) is 58.3 Å². The average Bonchev–Trinajstić information content (AvgIpc) is 3.20. The van der Waals surface area contributed by atoms with Gasteiger partial charge in [0.15, 0.2) is 0 Å². The SMILES string of the molecule is CC(C)C[C@@H]1NC(=O)C(CO)NC(=O)[C@H](CO)NC(=O)C(NC(=O)[C@H](C)NC(=O)[C@H](CC(N)=O)NC(=O)[C@@H](NC(=O)CN)C(C)C)CSC(=O)[C@H](Cc2ccccc2)NC1=O. The Hall–Kier alpha value is -5.65. The monoisotopic (exact) mass is 878 g/mol. The van der Waals surface area contributed by atoms with Crippen LogP contribution < -0.4 is 54.0 Å². The molecule has 1 aliphatic rings. The van der Waals surface area contributed by atoms with Crippen molar-refractivity contribution < 1.29 is 58.2 Å². The topological polar surface area (TPSA) is 359 Å². The summed E-state index contributed by atoms with van der Waals surface area (Å²) >= 11 is 0.543. The van der Waals surface area contributed by atoms with Crippen LogP contribution in [0.15, 0.2) is 30.3 Å². The largest absolute Gasteiger partial charge is 0.394 e. The van der Waals surface area contributed by atoms with Crippen molar-refractivity contribution in [3.05, 3.63) is 35.9 Å².